The zero-order valence-corrected chi connectivity index (χ0v) is 13.3. The van der Waals surface area contributed by atoms with Crippen LogP contribution in [0.5, 0.6) is 0 Å². The Labute approximate surface area is 131 Å². The molecule has 1 saturated heterocycles. The first-order valence-electron chi connectivity index (χ1n) is 7.26. The molecule has 1 saturated carbocycles. The van der Waals surface area contributed by atoms with Gasteiger partial charge < -0.3 is 5.73 Å². The highest BCUT2D eigenvalue weighted by Gasteiger charge is 2.43. The Hall–Kier alpha value is -1.15. The fraction of sp³-hybridized carbons (Fsp3) is 0.692. The Morgan fingerprint density at radius 3 is 2.48 bits per heavy atom. The van der Waals surface area contributed by atoms with Crippen LogP contribution in [0.2, 0.25) is 0 Å². The van der Waals surface area contributed by atoms with Crippen molar-refractivity contribution in [3.63, 3.8) is 0 Å². The lowest BCUT2D eigenvalue weighted by atomic mass is 10.1. The van der Waals surface area contributed by atoms with Gasteiger partial charge in [0, 0.05) is 12.5 Å². The lowest BCUT2D eigenvalue weighted by Gasteiger charge is -2.25. The van der Waals surface area contributed by atoms with Crippen LogP contribution >= 0.6 is 23.1 Å². The average Bonchev–Trinajstić information content (AvgIpc) is 2.84. The monoisotopic (exact) mass is 326 g/mol. The van der Waals surface area contributed by atoms with Gasteiger partial charge in [-0.2, -0.15) is 0 Å². The minimum absolute atomic E-state index is 0.0399. The molecule has 114 valence electrons. The number of likely N-dealkylation sites (tertiary alicyclic amines) is 1. The number of rotatable bonds is 3. The number of imide groups is 1. The van der Waals surface area contributed by atoms with E-state index in [4.69, 9.17) is 5.73 Å². The van der Waals surface area contributed by atoms with E-state index in [0.717, 1.165) is 25.7 Å². The van der Waals surface area contributed by atoms with Gasteiger partial charge >= 0.3 is 0 Å². The van der Waals surface area contributed by atoms with E-state index in [0.29, 0.717) is 9.47 Å². The van der Waals surface area contributed by atoms with Gasteiger partial charge in [0.2, 0.25) is 16.9 Å². The number of thioether (sulfide) groups is 1. The van der Waals surface area contributed by atoms with E-state index in [1.807, 2.05) is 0 Å². The maximum Gasteiger partial charge on any atom is 0.243 e. The van der Waals surface area contributed by atoms with Gasteiger partial charge in [-0.25, -0.2) is 0 Å². The zero-order chi connectivity index (χ0) is 14.8. The summed E-state index contributed by atoms with van der Waals surface area (Å²) in [7, 11) is 0. The van der Waals surface area contributed by atoms with E-state index in [1.165, 1.54) is 40.8 Å². The lowest BCUT2D eigenvalue weighted by Crippen LogP contribution is -2.40. The number of anilines is 1. The molecule has 2 N–H and O–H groups in total. The van der Waals surface area contributed by atoms with Crippen LogP contribution in [0.1, 0.15) is 44.9 Å². The summed E-state index contributed by atoms with van der Waals surface area (Å²) in [4.78, 5) is 26.3. The molecule has 0 bridgehead atoms. The van der Waals surface area contributed by atoms with Crippen molar-refractivity contribution in [3.05, 3.63) is 0 Å². The van der Waals surface area contributed by atoms with Crippen molar-refractivity contribution in [3.8, 4) is 0 Å². The largest absolute Gasteiger partial charge is 0.374 e. The summed E-state index contributed by atoms with van der Waals surface area (Å²) >= 11 is 2.56. The molecule has 6 nitrogen and oxygen atoms in total. The molecule has 0 aromatic carbocycles. The number of nitrogen functional groups attached to an aromatic ring is 1. The van der Waals surface area contributed by atoms with Gasteiger partial charge in [0.25, 0.3) is 0 Å². The molecule has 1 unspecified atom stereocenters. The Bertz CT molecular complexity index is 540. The van der Waals surface area contributed by atoms with Gasteiger partial charge in [-0.1, -0.05) is 48.8 Å². The van der Waals surface area contributed by atoms with E-state index < -0.39 is 0 Å². The highest BCUT2D eigenvalue weighted by molar-refractivity contribution is 8.02. The predicted molar refractivity (Wildman–Crippen MR) is 81.9 cm³/mol. The van der Waals surface area contributed by atoms with Crippen molar-refractivity contribution in [1.82, 2.24) is 15.1 Å². The van der Waals surface area contributed by atoms with Crippen molar-refractivity contribution in [1.29, 1.82) is 0 Å². The molecule has 2 heterocycles. The third kappa shape index (κ3) is 3.21. The Morgan fingerprint density at radius 2 is 1.86 bits per heavy atom. The first kappa shape index (κ1) is 14.8. The van der Waals surface area contributed by atoms with Crippen molar-refractivity contribution in [2.75, 3.05) is 5.73 Å². The fourth-order valence-corrected chi connectivity index (χ4v) is 4.91. The molecule has 1 aliphatic carbocycles. The molecule has 1 atom stereocenters. The number of hydrogen-bond acceptors (Lipinski definition) is 7. The third-order valence-electron chi connectivity index (χ3n) is 4.00. The number of amides is 2. The summed E-state index contributed by atoms with van der Waals surface area (Å²) in [6.07, 6.45) is 6.77. The topological polar surface area (TPSA) is 89.2 Å². The third-order valence-corrected chi connectivity index (χ3v) is 6.02. The molecule has 2 amide bonds. The SMILES string of the molecule is Nc1nnc(SC2CC(=O)N(C3CCCCCC3)C2=O)s1. The first-order valence-corrected chi connectivity index (χ1v) is 8.96. The smallest absolute Gasteiger partial charge is 0.243 e. The minimum Gasteiger partial charge on any atom is -0.374 e. The second kappa shape index (κ2) is 6.31. The van der Waals surface area contributed by atoms with Crippen LogP contribution in [0.15, 0.2) is 4.34 Å². The molecule has 3 rings (SSSR count). The molecule has 2 fully saturated rings. The van der Waals surface area contributed by atoms with E-state index in [2.05, 4.69) is 10.2 Å². The summed E-state index contributed by atoms with van der Waals surface area (Å²) < 4.78 is 0.654. The van der Waals surface area contributed by atoms with Gasteiger partial charge in [0.1, 0.15) is 0 Å². The second-order valence-corrected chi connectivity index (χ2v) is 7.92. The van der Waals surface area contributed by atoms with Gasteiger partial charge in [-0.3, -0.25) is 14.5 Å². The van der Waals surface area contributed by atoms with Crippen LogP contribution in [-0.4, -0.2) is 38.2 Å². The summed E-state index contributed by atoms with van der Waals surface area (Å²) in [6.45, 7) is 0. The number of carbonyl (C=O) groups is 2. The second-order valence-electron chi connectivity index (χ2n) is 5.46. The number of hydrogen-bond donors (Lipinski definition) is 1. The van der Waals surface area contributed by atoms with Gasteiger partial charge in [0.05, 0.1) is 5.25 Å². The minimum atomic E-state index is -0.367. The molecule has 1 aromatic heterocycles. The highest BCUT2D eigenvalue weighted by atomic mass is 32.2. The normalized spacial score (nSPS) is 24.6. The van der Waals surface area contributed by atoms with Gasteiger partial charge in [-0.15, -0.1) is 10.2 Å². The number of carbonyl (C=O) groups excluding carboxylic acids is 2. The Morgan fingerprint density at radius 1 is 1.14 bits per heavy atom. The molecular formula is C13H18N4O2S2. The zero-order valence-electron chi connectivity index (χ0n) is 11.7. The standard InChI is InChI=1S/C13H18N4O2S2/c14-12-15-16-13(21-12)20-9-7-10(18)17(11(9)19)8-5-3-1-2-4-6-8/h8-9H,1-7H2,(H2,14,15). The molecule has 8 heteroatoms. The van der Waals surface area contributed by atoms with E-state index in [1.54, 1.807) is 0 Å². The molecule has 1 aliphatic heterocycles. The van der Waals surface area contributed by atoms with Crippen molar-refractivity contribution in [2.45, 2.75) is 60.6 Å². The van der Waals surface area contributed by atoms with Crippen LogP contribution in [0.3, 0.4) is 0 Å². The fourth-order valence-electron chi connectivity index (χ4n) is 3.00. The van der Waals surface area contributed by atoms with Crippen LogP contribution in [-0.2, 0) is 9.59 Å². The Balaban J connectivity index is 1.69. The number of nitrogens with zero attached hydrogens (tertiary/aromatic N) is 3. The van der Waals surface area contributed by atoms with Gasteiger partial charge in [-0.05, 0) is 12.8 Å². The summed E-state index contributed by atoms with van der Waals surface area (Å²) in [5.41, 5.74) is 5.55. The maximum atomic E-state index is 12.5. The Kier molecular flexibility index (Phi) is 4.44. The number of nitrogens with two attached hydrogens (primary N) is 1. The lowest BCUT2D eigenvalue weighted by molar-refractivity contribution is -0.141. The van der Waals surface area contributed by atoms with Crippen molar-refractivity contribution >= 4 is 40.0 Å². The quantitative estimate of drug-likeness (QED) is 0.675. The molecule has 0 radical (unpaired) electrons. The summed E-state index contributed by atoms with van der Waals surface area (Å²) in [5, 5.41) is 7.67. The van der Waals surface area contributed by atoms with Gasteiger partial charge in [0.15, 0.2) is 4.34 Å². The average molecular weight is 326 g/mol. The maximum absolute atomic E-state index is 12.5. The van der Waals surface area contributed by atoms with E-state index >= 15 is 0 Å². The van der Waals surface area contributed by atoms with Crippen molar-refractivity contribution in [2.24, 2.45) is 0 Å². The van der Waals surface area contributed by atoms with E-state index in [9.17, 15) is 9.59 Å². The molecule has 2 aliphatic rings. The number of aromatic nitrogens is 2. The van der Waals surface area contributed by atoms with Crippen LogP contribution < -0.4 is 5.73 Å². The van der Waals surface area contributed by atoms with Crippen molar-refractivity contribution < 1.29 is 9.59 Å². The van der Waals surface area contributed by atoms with E-state index in [-0.39, 0.29) is 29.5 Å². The highest BCUT2D eigenvalue weighted by Crippen LogP contribution is 2.36. The molecule has 0 spiro atoms. The summed E-state index contributed by atoms with van der Waals surface area (Å²) in [6, 6.07) is 0.0950. The molecule has 1 aromatic rings. The van der Waals surface area contributed by atoms with Crippen LogP contribution in [0.4, 0.5) is 5.13 Å². The van der Waals surface area contributed by atoms with Crippen LogP contribution in [0, 0.1) is 0 Å². The predicted octanol–water partition coefficient (Wildman–Crippen LogP) is 2.06. The van der Waals surface area contributed by atoms with Crippen LogP contribution in [0.25, 0.3) is 0 Å². The summed E-state index contributed by atoms with van der Waals surface area (Å²) in [5.74, 6) is -0.104. The first-order chi connectivity index (χ1) is 10.1. The molecule has 21 heavy (non-hydrogen) atoms. The molecular weight excluding hydrogens is 308 g/mol.